The number of hydrogen-bond acceptors (Lipinski definition) is 5. The zero-order valence-electron chi connectivity index (χ0n) is 17.7. The fraction of sp³-hybridized carbons (Fsp3) is 0.167. The highest BCUT2D eigenvalue weighted by atomic mass is 35.5. The number of ether oxygens (including phenoxy) is 1. The molecule has 2 aromatic heterocycles. The third-order valence-corrected chi connectivity index (χ3v) is 4.91. The molecule has 7 nitrogen and oxygen atoms in total. The molecule has 4 aromatic rings. The molecule has 4 rings (SSSR count). The van der Waals surface area contributed by atoms with Crippen molar-refractivity contribution in [2.45, 2.75) is 26.4 Å². The molecule has 0 aliphatic heterocycles. The van der Waals surface area contributed by atoms with E-state index in [1.54, 1.807) is 24.5 Å². The molecule has 0 fully saturated rings. The molecular weight excluding hydrogens is 426 g/mol. The van der Waals surface area contributed by atoms with E-state index in [1.165, 1.54) is 0 Å². The second kappa shape index (κ2) is 9.62. The highest BCUT2D eigenvalue weighted by Gasteiger charge is 2.14. The van der Waals surface area contributed by atoms with Crippen LogP contribution in [0.4, 0.5) is 5.69 Å². The Bertz CT molecular complexity index is 1220. The molecule has 0 spiro atoms. The van der Waals surface area contributed by atoms with Crippen LogP contribution in [0.15, 0.2) is 67.0 Å². The Hall–Kier alpha value is -3.71. The van der Waals surface area contributed by atoms with Crippen LogP contribution < -0.4 is 10.1 Å². The van der Waals surface area contributed by atoms with Gasteiger partial charge in [-0.25, -0.2) is 0 Å². The summed E-state index contributed by atoms with van der Waals surface area (Å²) >= 11 is 6.40. The second-order valence-electron chi connectivity index (χ2n) is 7.51. The van der Waals surface area contributed by atoms with Gasteiger partial charge in [0, 0.05) is 28.8 Å². The number of anilines is 1. The standard InChI is InChI=1S/C24H22ClN5O2/c1-15(2)32-19-8-9-21(25)20(12-19)17-11-18(14-26-13-17)27-24(31)23-28-22(29-30-23)10-16-6-4-3-5-7-16/h3-9,11-15H,10H2,1-2H3,(H,27,31)(H,28,29,30). The Labute approximate surface area is 190 Å². The Morgan fingerprint density at radius 1 is 1.09 bits per heavy atom. The van der Waals surface area contributed by atoms with Gasteiger partial charge in [0.25, 0.3) is 5.91 Å². The van der Waals surface area contributed by atoms with Gasteiger partial charge >= 0.3 is 0 Å². The molecule has 162 valence electrons. The fourth-order valence-electron chi connectivity index (χ4n) is 3.18. The lowest BCUT2D eigenvalue weighted by Crippen LogP contribution is -2.14. The molecule has 0 atom stereocenters. The van der Waals surface area contributed by atoms with E-state index in [0.29, 0.717) is 28.7 Å². The number of rotatable bonds is 7. The van der Waals surface area contributed by atoms with E-state index in [2.05, 4.69) is 25.5 Å². The number of halogens is 1. The quantitative estimate of drug-likeness (QED) is 0.408. The maximum Gasteiger partial charge on any atom is 0.293 e. The molecule has 2 N–H and O–H groups in total. The van der Waals surface area contributed by atoms with E-state index in [0.717, 1.165) is 16.7 Å². The first-order valence-corrected chi connectivity index (χ1v) is 10.5. The Morgan fingerprint density at radius 3 is 2.69 bits per heavy atom. The van der Waals surface area contributed by atoms with E-state index in [9.17, 15) is 4.79 Å². The number of pyridine rings is 1. The first kappa shape index (κ1) is 21.5. The number of nitrogens with one attached hydrogen (secondary N) is 2. The first-order valence-electron chi connectivity index (χ1n) is 10.2. The fourth-order valence-corrected chi connectivity index (χ4v) is 3.41. The average molecular weight is 448 g/mol. The van der Waals surface area contributed by atoms with Gasteiger partial charge in [-0.2, -0.15) is 0 Å². The molecule has 0 aliphatic rings. The van der Waals surface area contributed by atoms with Crippen LogP contribution in [0, 0.1) is 0 Å². The van der Waals surface area contributed by atoms with E-state index in [-0.39, 0.29) is 11.9 Å². The SMILES string of the molecule is CC(C)Oc1ccc(Cl)c(-c2cncc(NC(=O)c3nnc(Cc4ccccc4)[nH]3)c2)c1. The summed E-state index contributed by atoms with van der Waals surface area (Å²) in [5.41, 5.74) is 3.11. The predicted molar refractivity (Wildman–Crippen MR) is 124 cm³/mol. The molecule has 0 saturated carbocycles. The largest absolute Gasteiger partial charge is 0.491 e. The number of amides is 1. The lowest BCUT2D eigenvalue weighted by Gasteiger charge is -2.13. The normalized spacial score (nSPS) is 10.9. The topological polar surface area (TPSA) is 92.8 Å². The summed E-state index contributed by atoms with van der Waals surface area (Å²) in [5.74, 6) is 1.05. The molecule has 2 heterocycles. The Kier molecular flexibility index (Phi) is 6.47. The first-order chi connectivity index (χ1) is 15.5. The van der Waals surface area contributed by atoms with Gasteiger partial charge in [0.05, 0.1) is 18.0 Å². The molecule has 2 aromatic carbocycles. The summed E-state index contributed by atoms with van der Waals surface area (Å²) in [6.07, 6.45) is 3.85. The minimum absolute atomic E-state index is 0.0430. The Morgan fingerprint density at radius 2 is 1.91 bits per heavy atom. The van der Waals surface area contributed by atoms with Gasteiger partial charge in [-0.1, -0.05) is 41.9 Å². The summed E-state index contributed by atoms with van der Waals surface area (Å²) in [6.45, 7) is 3.92. The van der Waals surface area contributed by atoms with Crippen molar-refractivity contribution in [2.75, 3.05) is 5.32 Å². The Balaban J connectivity index is 1.49. The molecule has 8 heteroatoms. The molecule has 0 aliphatic carbocycles. The van der Waals surface area contributed by atoms with Crippen LogP contribution in [0.5, 0.6) is 5.75 Å². The zero-order chi connectivity index (χ0) is 22.5. The maximum atomic E-state index is 12.7. The van der Waals surface area contributed by atoms with Crippen LogP contribution >= 0.6 is 11.6 Å². The highest BCUT2D eigenvalue weighted by Crippen LogP contribution is 2.32. The number of carbonyl (C=O) groups excluding carboxylic acids is 1. The summed E-state index contributed by atoms with van der Waals surface area (Å²) < 4.78 is 5.76. The smallest absolute Gasteiger partial charge is 0.293 e. The lowest BCUT2D eigenvalue weighted by atomic mass is 10.1. The molecule has 0 radical (unpaired) electrons. The van der Waals surface area contributed by atoms with Crippen LogP contribution in [-0.2, 0) is 6.42 Å². The third kappa shape index (κ3) is 5.31. The van der Waals surface area contributed by atoms with Gasteiger partial charge < -0.3 is 15.0 Å². The molecule has 0 bridgehead atoms. The second-order valence-corrected chi connectivity index (χ2v) is 7.91. The number of hydrogen-bond donors (Lipinski definition) is 2. The van der Waals surface area contributed by atoms with Gasteiger partial charge in [-0.3, -0.25) is 9.78 Å². The number of aromatic amines is 1. The summed E-state index contributed by atoms with van der Waals surface area (Å²) in [5, 5.41) is 11.4. The minimum atomic E-state index is -0.404. The molecule has 1 amide bonds. The van der Waals surface area contributed by atoms with Crippen molar-refractivity contribution in [3.05, 3.63) is 89.2 Å². The number of benzene rings is 2. The number of aromatic nitrogens is 4. The van der Waals surface area contributed by atoms with Crippen LogP contribution in [0.1, 0.15) is 35.9 Å². The van der Waals surface area contributed by atoms with Crippen molar-refractivity contribution in [3.8, 4) is 16.9 Å². The van der Waals surface area contributed by atoms with Gasteiger partial charge in [-0.05, 0) is 43.7 Å². The number of nitrogens with zero attached hydrogens (tertiary/aromatic N) is 3. The predicted octanol–water partition coefficient (Wildman–Crippen LogP) is 5.15. The van der Waals surface area contributed by atoms with Crippen molar-refractivity contribution in [3.63, 3.8) is 0 Å². The van der Waals surface area contributed by atoms with Crippen molar-refractivity contribution < 1.29 is 9.53 Å². The lowest BCUT2D eigenvalue weighted by molar-refractivity contribution is 0.101. The van der Waals surface area contributed by atoms with Crippen molar-refractivity contribution in [1.82, 2.24) is 20.2 Å². The maximum absolute atomic E-state index is 12.7. The zero-order valence-corrected chi connectivity index (χ0v) is 18.4. The molecule has 32 heavy (non-hydrogen) atoms. The van der Waals surface area contributed by atoms with Crippen LogP contribution in [-0.4, -0.2) is 32.2 Å². The summed E-state index contributed by atoms with van der Waals surface area (Å²) in [4.78, 5) is 19.9. The van der Waals surface area contributed by atoms with Gasteiger partial charge in [0.15, 0.2) is 0 Å². The van der Waals surface area contributed by atoms with Crippen molar-refractivity contribution >= 4 is 23.2 Å². The van der Waals surface area contributed by atoms with E-state index in [4.69, 9.17) is 16.3 Å². The van der Waals surface area contributed by atoms with E-state index in [1.807, 2.05) is 56.3 Å². The third-order valence-electron chi connectivity index (χ3n) is 4.58. The average Bonchev–Trinajstić information content (AvgIpc) is 3.24. The van der Waals surface area contributed by atoms with E-state index >= 15 is 0 Å². The van der Waals surface area contributed by atoms with Crippen molar-refractivity contribution in [2.24, 2.45) is 0 Å². The van der Waals surface area contributed by atoms with Crippen LogP contribution in [0.3, 0.4) is 0 Å². The monoisotopic (exact) mass is 447 g/mol. The number of H-pyrrole nitrogens is 1. The van der Waals surface area contributed by atoms with Crippen LogP contribution in [0.25, 0.3) is 11.1 Å². The minimum Gasteiger partial charge on any atom is -0.491 e. The molecule has 0 unspecified atom stereocenters. The van der Waals surface area contributed by atoms with Crippen LogP contribution in [0.2, 0.25) is 5.02 Å². The van der Waals surface area contributed by atoms with E-state index < -0.39 is 5.91 Å². The molecule has 0 saturated heterocycles. The van der Waals surface area contributed by atoms with Gasteiger partial charge in [-0.15, -0.1) is 10.2 Å². The van der Waals surface area contributed by atoms with Gasteiger partial charge in [0.1, 0.15) is 11.6 Å². The molecular formula is C24H22ClN5O2. The summed E-state index contributed by atoms with van der Waals surface area (Å²) in [7, 11) is 0. The number of carbonyl (C=O) groups is 1. The highest BCUT2D eigenvalue weighted by molar-refractivity contribution is 6.33. The summed E-state index contributed by atoms with van der Waals surface area (Å²) in [6, 6.07) is 17.1. The van der Waals surface area contributed by atoms with Crippen molar-refractivity contribution in [1.29, 1.82) is 0 Å². The van der Waals surface area contributed by atoms with Gasteiger partial charge in [0.2, 0.25) is 5.82 Å².